The first-order chi connectivity index (χ1) is 8.45. The summed E-state index contributed by atoms with van der Waals surface area (Å²) in [6.45, 7) is 3.83. The van der Waals surface area contributed by atoms with Crippen LogP contribution >= 0.6 is 0 Å². The number of nitrogens with one attached hydrogen (secondary N) is 1. The van der Waals surface area contributed by atoms with E-state index in [1.165, 1.54) is 12.1 Å². The lowest BCUT2D eigenvalue weighted by molar-refractivity contribution is -0.129. The van der Waals surface area contributed by atoms with Crippen molar-refractivity contribution < 1.29 is 9.18 Å². The molecule has 0 bridgehead atoms. The van der Waals surface area contributed by atoms with Crippen molar-refractivity contribution in [2.24, 2.45) is 0 Å². The number of carbonyl (C=O) groups excluding carboxylic acids is 1. The van der Waals surface area contributed by atoms with Crippen LogP contribution in [-0.4, -0.2) is 30.4 Å². The van der Waals surface area contributed by atoms with Crippen molar-refractivity contribution in [3.8, 4) is 6.07 Å². The summed E-state index contributed by atoms with van der Waals surface area (Å²) in [6.07, 6.45) is 0. The number of nitriles is 1. The molecular formula is C13H16FN3O. The van der Waals surface area contributed by atoms with Crippen molar-refractivity contribution in [1.29, 1.82) is 5.26 Å². The maximum absolute atomic E-state index is 13.5. The molecule has 96 valence electrons. The number of rotatable bonds is 4. The van der Waals surface area contributed by atoms with Crippen molar-refractivity contribution in [3.05, 3.63) is 29.6 Å². The molecule has 18 heavy (non-hydrogen) atoms. The van der Waals surface area contributed by atoms with E-state index in [4.69, 9.17) is 5.26 Å². The van der Waals surface area contributed by atoms with Gasteiger partial charge < -0.3 is 10.2 Å². The Labute approximate surface area is 106 Å². The van der Waals surface area contributed by atoms with Crippen molar-refractivity contribution in [2.75, 3.05) is 18.9 Å². The monoisotopic (exact) mass is 249 g/mol. The second-order valence-electron chi connectivity index (χ2n) is 4.26. The Morgan fingerprint density at radius 2 is 2.22 bits per heavy atom. The smallest absolute Gasteiger partial charge is 0.241 e. The highest BCUT2D eigenvalue weighted by Crippen LogP contribution is 2.15. The standard InChI is InChI=1S/C13H16FN3O/c1-9(2)17(3)13(18)8-16-12-5-4-10(7-15)6-11(12)14/h4-6,9,16H,8H2,1-3H3. The Kier molecular flexibility index (Phi) is 4.67. The van der Waals surface area contributed by atoms with E-state index < -0.39 is 5.82 Å². The number of amides is 1. The number of carbonyl (C=O) groups is 1. The molecule has 0 heterocycles. The second-order valence-corrected chi connectivity index (χ2v) is 4.26. The second kappa shape index (κ2) is 6.01. The predicted octanol–water partition coefficient (Wildman–Crippen LogP) is 1.98. The lowest BCUT2D eigenvalue weighted by atomic mass is 10.2. The number of hydrogen-bond donors (Lipinski definition) is 1. The molecule has 0 saturated heterocycles. The van der Waals surface area contributed by atoms with Crippen LogP contribution in [0.1, 0.15) is 19.4 Å². The summed E-state index contributed by atoms with van der Waals surface area (Å²) in [5, 5.41) is 11.3. The molecule has 1 aromatic rings. The average molecular weight is 249 g/mol. The van der Waals surface area contributed by atoms with Gasteiger partial charge in [0, 0.05) is 13.1 Å². The molecule has 1 rings (SSSR count). The highest BCUT2D eigenvalue weighted by molar-refractivity contribution is 5.80. The maximum Gasteiger partial charge on any atom is 0.241 e. The summed E-state index contributed by atoms with van der Waals surface area (Å²) >= 11 is 0. The van der Waals surface area contributed by atoms with Crippen LogP contribution in [0.25, 0.3) is 0 Å². The normalized spacial score (nSPS) is 10.0. The molecule has 0 spiro atoms. The molecule has 0 unspecified atom stereocenters. The van der Waals surface area contributed by atoms with E-state index in [1.54, 1.807) is 11.9 Å². The van der Waals surface area contributed by atoms with Gasteiger partial charge in [-0.05, 0) is 32.0 Å². The first kappa shape index (κ1) is 14.0. The molecule has 1 aromatic carbocycles. The van der Waals surface area contributed by atoms with E-state index in [-0.39, 0.29) is 29.7 Å². The van der Waals surface area contributed by atoms with Crippen LogP contribution < -0.4 is 5.32 Å². The molecule has 0 atom stereocenters. The fourth-order valence-corrected chi connectivity index (χ4v) is 1.31. The Bertz CT molecular complexity index is 480. The van der Waals surface area contributed by atoms with Crippen molar-refractivity contribution in [1.82, 2.24) is 4.90 Å². The first-order valence-electron chi connectivity index (χ1n) is 5.65. The molecule has 0 fully saturated rings. The van der Waals surface area contributed by atoms with Gasteiger partial charge in [0.05, 0.1) is 23.9 Å². The topological polar surface area (TPSA) is 56.1 Å². The zero-order valence-corrected chi connectivity index (χ0v) is 10.7. The maximum atomic E-state index is 13.5. The van der Waals surface area contributed by atoms with Crippen LogP contribution in [-0.2, 0) is 4.79 Å². The van der Waals surface area contributed by atoms with Gasteiger partial charge in [-0.3, -0.25) is 4.79 Å². The van der Waals surface area contributed by atoms with Gasteiger partial charge in [-0.1, -0.05) is 0 Å². The van der Waals surface area contributed by atoms with E-state index >= 15 is 0 Å². The first-order valence-corrected chi connectivity index (χ1v) is 5.65. The van der Waals surface area contributed by atoms with Crippen molar-refractivity contribution in [3.63, 3.8) is 0 Å². The third-order valence-corrected chi connectivity index (χ3v) is 2.70. The third kappa shape index (κ3) is 3.45. The number of likely N-dealkylation sites (N-methyl/N-ethyl adjacent to an activating group) is 1. The fourth-order valence-electron chi connectivity index (χ4n) is 1.31. The summed E-state index contributed by atoms with van der Waals surface area (Å²) in [7, 11) is 1.70. The van der Waals surface area contributed by atoms with Crippen LogP contribution in [0.3, 0.4) is 0 Å². The van der Waals surface area contributed by atoms with E-state index in [9.17, 15) is 9.18 Å². The third-order valence-electron chi connectivity index (χ3n) is 2.70. The van der Waals surface area contributed by atoms with E-state index in [0.29, 0.717) is 0 Å². The average Bonchev–Trinajstić information content (AvgIpc) is 2.35. The molecular weight excluding hydrogens is 233 g/mol. The molecule has 0 saturated carbocycles. The van der Waals surface area contributed by atoms with Gasteiger partial charge >= 0.3 is 0 Å². The summed E-state index contributed by atoms with van der Waals surface area (Å²) < 4.78 is 13.5. The van der Waals surface area contributed by atoms with Gasteiger partial charge in [0.15, 0.2) is 0 Å². The minimum Gasteiger partial charge on any atom is -0.374 e. The van der Waals surface area contributed by atoms with Crippen LogP contribution in [0.2, 0.25) is 0 Å². The summed E-state index contributed by atoms with van der Waals surface area (Å²) in [6, 6.07) is 6.05. The van der Waals surface area contributed by atoms with E-state index in [2.05, 4.69) is 5.32 Å². The van der Waals surface area contributed by atoms with Gasteiger partial charge in [-0.2, -0.15) is 5.26 Å². The molecule has 0 aromatic heterocycles. The fraction of sp³-hybridized carbons (Fsp3) is 0.385. The Morgan fingerprint density at radius 3 is 2.72 bits per heavy atom. The van der Waals surface area contributed by atoms with Gasteiger partial charge in [-0.25, -0.2) is 4.39 Å². The number of hydrogen-bond acceptors (Lipinski definition) is 3. The zero-order valence-electron chi connectivity index (χ0n) is 10.7. The summed E-state index contributed by atoms with van der Waals surface area (Å²) in [5.74, 6) is -0.650. The summed E-state index contributed by atoms with van der Waals surface area (Å²) in [5.41, 5.74) is 0.475. The Balaban J connectivity index is 2.65. The number of halogens is 1. The van der Waals surface area contributed by atoms with E-state index in [0.717, 1.165) is 6.07 Å². The highest BCUT2D eigenvalue weighted by Gasteiger charge is 2.12. The molecule has 1 amide bonds. The van der Waals surface area contributed by atoms with Crippen molar-refractivity contribution in [2.45, 2.75) is 19.9 Å². The van der Waals surface area contributed by atoms with Crippen LogP contribution in [0, 0.1) is 17.1 Å². The van der Waals surface area contributed by atoms with Crippen LogP contribution in [0.15, 0.2) is 18.2 Å². The molecule has 0 aliphatic carbocycles. The minimum absolute atomic E-state index is 0.0253. The SMILES string of the molecule is CC(C)N(C)C(=O)CNc1ccc(C#N)cc1F. The lowest BCUT2D eigenvalue weighted by Gasteiger charge is -2.21. The van der Waals surface area contributed by atoms with Gasteiger partial charge in [0.2, 0.25) is 5.91 Å². The predicted molar refractivity (Wildman–Crippen MR) is 67.5 cm³/mol. The molecule has 4 nitrogen and oxygen atoms in total. The molecule has 1 N–H and O–H groups in total. The molecule has 0 radical (unpaired) electrons. The van der Waals surface area contributed by atoms with E-state index in [1.807, 2.05) is 19.9 Å². The number of anilines is 1. The quantitative estimate of drug-likeness (QED) is 0.887. The lowest BCUT2D eigenvalue weighted by Crippen LogP contribution is -2.37. The van der Waals surface area contributed by atoms with Gasteiger partial charge in [0.25, 0.3) is 0 Å². The van der Waals surface area contributed by atoms with Crippen LogP contribution in [0.5, 0.6) is 0 Å². The molecule has 0 aliphatic rings. The molecule has 0 aliphatic heterocycles. The number of nitrogens with zero attached hydrogens (tertiary/aromatic N) is 2. The Morgan fingerprint density at radius 1 is 1.56 bits per heavy atom. The van der Waals surface area contributed by atoms with Crippen LogP contribution in [0.4, 0.5) is 10.1 Å². The summed E-state index contributed by atoms with van der Waals surface area (Å²) in [4.78, 5) is 13.3. The largest absolute Gasteiger partial charge is 0.374 e. The van der Waals surface area contributed by atoms with Gasteiger partial charge in [0.1, 0.15) is 5.82 Å². The zero-order chi connectivity index (χ0) is 13.7. The Hall–Kier alpha value is -2.09. The van der Waals surface area contributed by atoms with Crippen molar-refractivity contribution >= 4 is 11.6 Å². The van der Waals surface area contributed by atoms with Gasteiger partial charge in [-0.15, -0.1) is 0 Å². The molecule has 5 heteroatoms. The number of benzene rings is 1. The minimum atomic E-state index is -0.533. The highest BCUT2D eigenvalue weighted by atomic mass is 19.1.